The van der Waals surface area contributed by atoms with Crippen LogP contribution in [0.1, 0.15) is 43.0 Å². The van der Waals surface area contributed by atoms with E-state index in [2.05, 4.69) is 0 Å². The van der Waals surface area contributed by atoms with Crippen LogP contribution >= 0.6 is 0 Å². The zero-order valence-corrected chi connectivity index (χ0v) is 10.6. The molecule has 0 bridgehead atoms. The molecular formula is C15H18O3. The lowest BCUT2D eigenvalue weighted by atomic mass is 10.0. The number of carbonyl (C=O) groups is 2. The highest BCUT2D eigenvalue weighted by atomic mass is 16.5. The highest BCUT2D eigenvalue weighted by Crippen LogP contribution is 2.31. The van der Waals surface area contributed by atoms with Gasteiger partial charge in [0.15, 0.2) is 5.78 Å². The number of rotatable bonds is 7. The quantitative estimate of drug-likeness (QED) is 0.548. The van der Waals surface area contributed by atoms with Crippen molar-refractivity contribution in [1.29, 1.82) is 0 Å². The Morgan fingerprint density at radius 2 is 1.89 bits per heavy atom. The molecule has 0 amide bonds. The first kappa shape index (κ1) is 12.8. The van der Waals surface area contributed by atoms with E-state index in [0.717, 1.165) is 25.0 Å². The molecule has 0 aromatic heterocycles. The molecule has 2 rings (SSSR count). The van der Waals surface area contributed by atoms with E-state index >= 15 is 0 Å². The lowest BCUT2D eigenvalue weighted by Gasteiger charge is -2.05. The van der Waals surface area contributed by atoms with Crippen LogP contribution in [0.15, 0.2) is 24.3 Å². The minimum Gasteiger partial charge on any atom is -0.494 e. The third-order valence-corrected chi connectivity index (χ3v) is 3.02. The molecule has 0 heterocycles. The number of hydrogen-bond acceptors (Lipinski definition) is 3. The van der Waals surface area contributed by atoms with Gasteiger partial charge in [-0.15, -0.1) is 0 Å². The number of Topliss-reactive ketones (excluding diaryl/α,β-unsaturated/α-hetero) is 2. The Morgan fingerprint density at radius 1 is 1.22 bits per heavy atom. The van der Waals surface area contributed by atoms with Gasteiger partial charge in [-0.05, 0) is 43.5 Å². The normalized spacial score (nSPS) is 14.3. The maximum atomic E-state index is 11.9. The molecule has 1 aromatic rings. The van der Waals surface area contributed by atoms with Gasteiger partial charge in [0, 0.05) is 11.5 Å². The number of benzene rings is 1. The Labute approximate surface area is 107 Å². The van der Waals surface area contributed by atoms with E-state index in [9.17, 15) is 9.59 Å². The van der Waals surface area contributed by atoms with Crippen molar-refractivity contribution in [3.05, 3.63) is 29.8 Å². The molecule has 1 saturated carbocycles. The van der Waals surface area contributed by atoms with Crippen LogP contribution in [0.25, 0.3) is 0 Å². The zero-order chi connectivity index (χ0) is 13.0. The van der Waals surface area contributed by atoms with Crippen LogP contribution in [-0.4, -0.2) is 18.2 Å². The van der Waals surface area contributed by atoms with Crippen LogP contribution in [0.5, 0.6) is 5.75 Å². The summed E-state index contributed by atoms with van der Waals surface area (Å²) in [6.45, 7) is 2.72. The first-order chi connectivity index (χ1) is 8.70. The van der Waals surface area contributed by atoms with E-state index in [1.165, 1.54) is 0 Å². The van der Waals surface area contributed by atoms with Crippen molar-refractivity contribution in [3.8, 4) is 5.75 Å². The Kier molecular flexibility index (Phi) is 4.13. The van der Waals surface area contributed by atoms with Crippen LogP contribution < -0.4 is 4.74 Å². The molecule has 0 aliphatic heterocycles. The number of ether oxygens (including phenoxy) is 1. The van der Waals surface area contributed by atoms with Crippen molar-refractivity contribution in [2.75, 3.05) is 6.61 Å². The van der Waals surface area contributed by atoms with Crippen molar-refractivity contribution >= 4 is 11.6 Å². The molecule has 0 N–H and O–H groups in total. The number of hydrogen-bond donors (Lipinski definition) is 0. The molecule has 1 aromatic carbocycles. The van der Waals surface area contributed by atoms with Crippen molar-refractivity contribution in [3.63, 3.8) is 0 Å². The third-order valence-electron chi connectivity index (χ3n) is 3.02. The molecule has 96 valence electrons. The number of carbonyl (C=O) groups excluding carboxylic acids is 2. The largest absolute Gasteiger partial charge is 0.494 e. The second kappa shape index (κ2) is 5.80. The van der Waals surface area contributed by atoms with Crippen molar-refractivity contribution in [2.45, 2.75) is 32.6 Å². The van der Waals surface area contributed by atoms with Crippen molar-refractivity contribution in [2.24, 2.45) is 5.92 Å². The zero-order valence-electron chi connectivity index (χ0n) is 10.6. The fraction of sp³-hybridized carbons (Fsp3) is 0.467. The summed E-state index contributed by atoms with van der Waals surface area (Å²) in [7, 11) is 0. The van der Waals surface area contributed by atoms with Crippen LogP contribution in [0.4, 0.5) is 0 Å². The maximum Gasteiger partial charge on any atom is 0.170 e. The van der Waals surface area contributed by atoms with E-state index in [1.54, 1.807) is 24.3 Å². The minimum absolute atomic E-state index is 0.0415. The molecule has 3 nitrogen and oxygen atoms in total. The Bertz CT molecular complexity index is 430. The molecular weight excluding hydrogens is 228 g/mol. The smallest absolute Gasteiger partial charge is 0.170 e. The molecule has 0 saturated heterocycles. The van der Waals surface area contributed by atoms with Gasteiger partial charge in [-0.3, -0.25) is 9.59 Å². The monoisotopic (exact) mass is 246 g/mol. The molecule has 0 spiro atoms. The fourth-order valence-corrected chi connectivity index (χ4v) is 1.77. The fourth-order valence-electron chi connectivity index (χ4n) is 1.77. The average Bonchev–Trinajstić information content (AvgIpc) is 3.21. The van der Waals surface area contributed by atoms with Gasteiger partial charge in [0.1, 0.15) is 11.5 Å². The Balaban J connectivity index is 1.91. The van der Waals surface area contributed by atoms with Gasteiger partial charge in [0.05, 0.1) is 13.0 Å². The van der Waals surface area contributed by atoms with E-state index in [1.807, 2.05) is 6.92 Å². The van der Waals surface area contributed by atoms with E-state index in [0.29, 0.717) is 12.2 Å². The minimum atomic E-state index is -0.0889. The summed E-state index contributed by atoms with van der Waals surface area (Å²) in [5.74, 6) is 0.920. The molecule has 3 heteroatoms. The van der Waals surface area contributed by atoms with Crippen LogP contribution in [0, 0.1) is 5.92 Å². The van der Waals surface area contributed by atoms with Gasteiger partial charge < -0.3 is 4.74 Å². The lowest BCUT2D eigenvalue weighted by Crippen LogP contribution is -2.09. The summed E-state index contributed by atoms with van der Waals surface area (Å²) in [6, 6.07) is 7.02. The highest BCUT2D eigenvalue weighted by Gasteiger charge is 2.30. The Hall–Kier alpha value is -1.64. The van der Waals surface area contributed by atoms with Crippen LogP contribution in [-0.2, 0) is 4.79 Å². The molecule has 1 aliphatic rings. The topological polar surface area (TPSA) is 43.4 Å². The van der Waals surface area contributed by atoms with Gasteiger partial charge in [0.2, 0.25) is 0 Å². The van der Waals surface area contributed by atoms with E-state index in [-0.39, 0.29) is 23.9 Å². The van der Waals surface area contributed by atoms with E-state index < -0.39 is 0 Å². The lowest BCUT2D eigenvalue weighted by molar-refractivity contribution is -0.119. The third kappa shape index (κ3) is 3.42. The summed E-state index contributed by atoms with van der Waals surface area (Å²) < 4.78 is 5.44. The van der Waals surface area contributed by atoms with Crippen molar-refractivity contribution in [1.82, 2.24) is 0 Å². The predicted octanol–water partition coefficient (Wildman–Crippen LogP) is 3.03. The predicted molar refractivity (Wildman–Crippen MR) is 68.9 cm³/mol. The summed E-state index contributed by atoms with van der Waals surface area (Å²) in [6.07, 6.45) is 2.90. The summed E-state index contributed by atoms with van der Waals surface area (Å²) in [5.41, 5.74) is 0.591. The van der Waals surface area contributed by atoms with Crippen LogP contribution in [0.2, 0.25) is 0 Å². The first-order valence-corrected chi connectivity index (χ1v) is 6.49. The van der Waals surface area contributed by atoms with Gasteiger partial charge in [0.25, 0.3) is 0 Å². The molecule has 18 heavy (non-hydrogen) atoms. The second-order valence-corrected chi connectivity index (χ2v) is 4.71. The molecule has 0 radical (unpaired) electrons. The molecule has 0 atom stereocenters. The van der Waals surface area contributed by atoms with E-state index in [4.69, 9.17) is 4.74 Å². The summed E-state index contributed by atoms with van der Waals surface area (Å²) >= 11 is 0. The SMILES string of the molecule is CCCOc1ccc(C(=O)CC(=O)C2CC2)cc1. The van der Waals surface area contributed by atoms with Gasteiger partial charge in [-0.1, -0.05) is 6.92 Å². The maximum absolute atomic E-state index is 11.9. The molecule has 0 unspecified atom stereocenters. The standard InChI is InChI=1S/C15H18O3/c1-2-9-18-13-7-5-12(6-8-13)15(17)10-14(16)11-3-4-11/h5-8,11H,2-4,9-10H2,1H3. The second-order valence-electron chi connectivity index (χ2n) is 4.71. The van der Waals surface area contributed by atoms with Crippen molar-refractivity contribution < 1.29 is 14.3 Å². The van der Waals surface area contributed by atoms with Gasteiger partial charge >= 0.3 is 0 Å². The van der Waals surface area contributed by atoms with Gasteiger partial charge in [-0.2, -0.15) is 0 Å². The summed E-state index contributed by atoms with van der Waals surface area (Å²) in [4.78, 5) is 23.4. The molecule has 1 fully saturated rings. The molecule has 1 aliphatic carbocycles. The summed E-state index contributed by atoms with van der Waals surface area (Å²) in [5, 5.41) is 0. The first-order valence-electron chi connectivity index (χ1n) is 6.49. The average molecular weight is 246 g/mol. The highest BCUT2D eigenvalue weighted by molar-refractivity contribution is 6.09. The van der Waals surface area contributed by atoms with Crippen LogP contribution in [0.3, 0.4) is 0 Å². The number of ketones is 2. The van der Waals surface area contributed by atoms with Gasteiger partial charge in [-0.25, -0.2) is 0 Å². The Morgan fingerprint density at radius 3 is 2.44 bits per heavy atom.